The highest BCUT2D eigenvalue weighted by Gasteiger charge is 2.39. The Labute approximate surface area is 152 Å². The lowest BCUT2D eigenvalue weighted by atomic mass is 9.77. The summed E-state index contributed by atoms with van der Waals surface area (Å²) in [5.41, 5.74) is 4.10. The molecule has 1 aliphatic carbocycles. The Hall–Kier alpha value is -2.75. The van der Waals surface area contributed by atoms with Crippen molar-refractivity contribution in [2.24, 2.45) is 0 Å². The quantitative estimate of drug-likeness (QED) is 0.791. The summed E-state index contributed by atoms with van der Waals surface area (Å²) in [5, 5.41) is 0. The van der Waals surface area contributed by atoms with Crippen molar-refractivity contribution in [3.8, 4) is 0 Å². The SMILES string of the molecule is Cc1ccc(C2CC(=O)N(c3cccc(F)c3)C3=C2C(=O)CCC3)cc1. The summed E-state index contributed by atoms with van der Waals surface area (Å²) in [6.45, 7) is 2.01. The van der Waals surface area contributed by atoms with E-state index in [1.165, 1.54) is 12.1 Å². The van der Waals surface area contributed by atoms with E-state index in [2.05, 4.69) is 0 Å². The van der Waals surface area contributed by atoms with E-state index in [0.717, 1.165) is 28.8 Å². The van der Waals surface area contributed by atoms with Crippen molar-refractivity contribution in [1.29, 1.82) is 0 Å². The summed E-state index contributed by atoms with van der Waals surface area (Å²) in [6, 6.07) is 14.0. The van der Waals surface area contributed by atoms with Crippen molar-refractivity contribution >= 4 is 17.4 Å². The Balaban J connectivity index is 1.85. The predicted octanol–water partition coefficient (Wildman–Crippen LogP) is 4.66. The Bertz CT molecular complexity index is 914. The molecule has 2 aromatic carbocycles. The van der Waals surface area contributed by atoms with Gasteiger partial charge in [0.25, 0.3) is 0 Å². The first-order valence-electron chi connectivity index (χ1n) is 8.96. The first-order chi connectivity index (χ1) is 12.5. The average Bonchev–Trinajstić information content (AvgIpc) is 2.62. The van der Waals surface area contributed by atoms with Crippen LogP contribution in [0.4, 0.5) is 10.1 Å². The van der Waals surface area contributed by atoms with Crippen molar-refractivity contribution in [3.05, 3.63) is 76.7 Å². The molecule has 0 aromatic heterocycles. The van der Waals surface area contributed by atoms with E-state index in [9.17, 15) is 14.0 Å². The Kier molecular flexibility index (Phi) is 4.19. The number of aryl methyl sites for hydroxylation is 1. The van der Waals surface area contributed by atoms with E-state index in [1.807, 2.05) is 31.2 Å². The number of halogens is 1. The maximum Gasteiger partial charge on any atom is 0.232 e. The van der Waals surface area contributed by atoms with Crippen LogP contribution in [0, 0.1) is 12.7 Å². The minimum absolute atomic E-state index is 0.0883. The number of nitrogens with zero attached hydrogens (tertiary/aromatic N) is 1. The van der Waals surface area contributed by atoms with Crippen LogP contribution in [0.3, 0.4) is 0 Å². The minimum atomic E-state index is -0.389. The molecule has 4 rings (SSSR count). The van der Waals surface area contributed by atoms with Gasteiger partial charge in [-0.15, -0.1) is 0 Å². The predicted molar refractivity (Wildman–Crippen MR) is 98.3 cm³/mol. The van der Waals surface area contributed by atoms with Gasteiger partial charge in [0, 0.05) is 30.0 Å². The van der Waals surface area contributed by atoms with Gasteiger partial charge in [-0.3, -0.25) is 14.5 Å². The minimum Gasteiger partial charge on any atom is -0.294 e. The number of carbonyl (C=O) groups is 2. The van der Waals surface area contributed by atoms with E-state index in [0.29, 0.717) is 18.5 Å². The van der Waals surface area contributed by atoms with Crippen LogP contribution in [0.2, 0.25) is 0 Å². The van der Waals surface area contributed by atoms with Gasteiger partial charge < -0.3 is 0 Å². The fourth-order valence-corrected chi connectivity index (χ4v) is 3.99. The fraction of sp³-hybridized carbons (Fsp3) is 0.273. The summed E-state index contributed by atoms with van der Waals surface area (Å²) < 4.78 is 13.7. The summed E-state index contributed by atoms with van der Waals surface area (Å²) in [4.78, 5) is 27.3. The van der Waals surface area contributed by atoms with E-state index >= 15 is 0 Å². The van der Waals surface area contributed by atoms with Gasteiger partial charge >= 0.3 is 0 Å². The van der Waals surface area contributed by atoms with Gasteiger partial charge in [-0.2, -0.15) is 0 Å². The first-order valence-corrected chi connectivity index (χ1v) is 8.96. The summed E-state index contributed by atoms with van der Waals surface area (Å²) >= 11 is 0. The van der Waals surface area contributed by atoms with E-state index < -0.39 is 0 Å². The van der Waals surface area contributed by atoms with Gasteiger partial charge in [0.1, 0.15) is 5.82 Å². The number of allylic oxidation sites excluding steroid dienone is 2. The monoisotopic (exact) mass is 349 g/mol. The van der Waals surface area contributed by atoms with Crippen LogP contribution in [0.25, 0.3) is 0 Å². The average molecular weight is 349 g/mol. The number of hydrogen-bond acceptors (Lipinski definition) is 2. The van der Waals surface area contributed by atoms with Gasteiger partial charge in [0.05, 0.1) is 5.69 Å². The zero-order chi connectivity index (χ0) is 18.3. The van der Waals surface area contributed by atoms with Gasteiger partial charge in [-0.05, 0) is 43.5 Å². The second kappa shape index (κ2) is 6.52. The third kappa shape index (κ3) is 2.85. The largest absolute Gasteiger partial charge is 0.294 e. The maximum atomic E-state index is 13.7. The molecule has 3 nitrogen and oxygen atoms in total. The lowest BCUT2D eigenvalue weighted by molar-refractivity contribution is -0.119. The lowest BCUT2D eigenvalue weighted by Crippen LogP contribution is -2.40. The van der Waals surface area contributed by atoms with Crippen LogP contribution in [0.1, 0.15) is 42.7 Å². The zero-order valence-corrected chi connectivity index (χ0v) is 14.7. The molecule has 0 bridgehead atoms. The fourth-order valence-electron chi connectivity index (χ4n) is 3.99. The summed E-state index contributed by atoms with van der Waals surface area (Å²) in [7, 11) is 0. The molecule has 1 amide bonds. The van der Waals surface area contributed by atoms with Crippen molar-refractivity contribution in [3.63, 3.8) is 0 Å². The zero-order valence-electron chi connectivity index (χ0n) is 14.7. The van der Waals surface area contributed by atoms with Crippen LogP contribution in [-0.2, 0) is 9.59 Å². The molecular weight excluding hydrogens is 329 g/mol. The van der Waals surface area contributed by atoms with Gasteiger partial charge in [-0.25, -0.2) is 4.39 Å². The number of benzene rings is 2. The number of anilines is 1. The Morgan fingerprint density at radius 2 is 1.81 bits per heavy atom. The summed E-state index contributed by atoms with van der Waals surface area (Å²) in [5.74, 6) is -0.587. The number of rotatable bonds is 2. The Morgan fingerprint density at radius 3 is 2.54 bits per heavy atom. The standard InChI is InChI=1S/C22H20FNO2/c1-14-8-10-15(11-9-14)18-13-21(26)24(17-5-2-4-16(23)12-17)19-6-3-7-20(25)22(18)19/h2,4-5,8-12,18H,3,6-7,13H2,1H3. The second-order valence-electron chi connectivity index (χ2n) is 7.01. The second-order valence-corrected chi connectivity index (χ2v) is 7.01. The highest BCUT2D eigenvalue weighted by atomic mass is 19.1. The molecule has 1 aliphatic heterocycles. The van der Waals surface area contributed by atoms with Gasteiger partial charge in [0.2, 0.25) is 5.91 Å². The molecule has 0 N–H and O–H groups in total. The smallest absolute Gasteiger partial charge is 0.232 e. The van der Waals surface area contributed by atoms with Crippen LogP contribution in [-0.4, -0.2) is 11.7 Å². The van der Waals surface area contributed by atoms with Gasteiger partial charge in [-0.1, -0.05) is 35.9 Å². The van der Waals surface area contributed by atoms with Crippen LogP contribution < -0.4 is 4.90 Å². The molecule has 4 heteroatoms. The van der Waals surface area contributed by atoms with Crippen molar-refractivity contribution in [2.75, 3.05) is 4.90 Å². The highest BCUT2D eigenvalue weighted by molar-refractivity contribution is 6.07. The molecule has 1 heterocycles. The molecule has 1 atom stereocenters. The molecule has 0 radical (unpaired) electrons. The number of Topliss-reactive ketones (excluding diaryl/α,β-unsaturated/α-hetero) is 1. The van der Waals surface area contributed by atoms with Gasteiger partial charge in [0.15, 0.2) is 5.78 Å². The molecule has 0 spiro atoms. The normalized spacial score (nSPS) is 20.4. The third-order valence-electron chi connectivity index (χ3n) is 5.22. The van der Waals surface area contributed by atoms with Crippen LogP contribution in [0.5, 0.6) is 0 Å². The molecular formula is C22H20FNO2. The molecule has 132 valence electrons. The molecule has 0 fully saturated rings. The molecule has 1 unspecified atom stereocenters. The summed E-state index contributed by atoms with van der Waals surface area (Å²) in [6.07, 6.45) is 2.11. The Morgan fingerprint density at radius 1 is 1.04 bits per heavy atom. The van der Waals surface area contributed by atoms with E-state index in [1.54, 1.807) is 17.0 Å². The topological polar surface area (TPSA) is 37.4 Å². The number of hydrogen-bond donors (Lipinski definition) is 0. The van der Waals surface area contributed by atoms with E-state index in [4.69, 9.17) is 0 Å². The maximum absolute atomic E-state index is 13.7. The number of amides is 1. The molecule has 0 saturated carbocycles. The molecule has 26 heavy (non-hydrogen) atoms. The highest BCUT2D eigenvalue weighted by Crippen LogP contribution is 2.43. The third-order valence-corrected chi connectivity index (χ3v) is 5.22. The van der Waals surface area contributed by atoms with Crippen LogP contribution >= 0.6 is 0 Å². The molecule has 0 saturated heterocycles. The number of ketones is 1. The van der Waals surface area contributed by atoms with E-state index in [-0.39, 0.29) is 29.8 Å². The van der Waals surface area contributed by atoms with Crippen molar-refractivity contribution < 1.29 is 14.0 Å². The first kappa shape index (κ1) is 16.7. The lowest BCUT2D eigenvalue weighted by Gasteiger charge is -2.38. The molecule has 2 aromatic rings. The van der Waals surface area contributed by atoms with Crippen molar-refractivity contribution in [1.82, 2.24) is 0 Å². The molecule has 2 aliphatic rings. The number of carbonyl (C=O) groups excluding carboxylic acids is 2. The van der Waals surface area contributed by atoms with Crippen LogP contribution in [0.15, 0.2) is 59.8 Å². The van der Waals surface area contributed by atoms with Crippen molar-refractivity contribution in [2.45, 2.75) is 38.5 Å².